The van der Waals surface area contributed by atoms with Crippen molar-refractivity contribution >= 4 is 46.3 Å². The van der Waals surface area contributed by atoms with Gasteiger partial charge in [0.25, 0.3) is 5.91 Å². The number of aryl methyl sites for hydroxylation is 1. The van der Waals surface area contributed by atoms with Crippen molar-refractivity contribution in [3.05, 3.63) is 85.7 Å². The number of hydrazone groups is 1. The molecule has 0 unspecified atom stereocenters. The first kappa shape index (κ1) is 18.7. The van der Waals surface area contributed by atoms with E-state index in [2.05, 4.69) is 37.7 Å². The number of nitrogens with zero attached hydrogens (tertiary/aromatic N) is 2. The quantitative estimate of drug-likeness (QED) is 0.317. The van der Waals surface area contributed by atoms with Crippen molar-refractivity contribution in [3.8, 4) is 5.69 Å². The molecule has 0 spiro atoms. The van der Waals surface area contributed by atoms with E-state index in [9.17, 15) is 4.79 Å². The van der Waals surface area contributed by atoms with E-state index in [1.165, 1.54) is 0 Å². The zero-order valence-electron chi connectivity index (χ0n) is 14.3. The number of carbonyl (C=O) groups is 1. The second-order valence-electron chi connectivity index (χ2n) is 5.84. The first-order valence-electron chi connectivity index (χ1n) is 7.99. The van der Waals surface area contributed by atoms with E-state index in [1.54, 1.807) is 18.3 Å². The maximum atomic E-state index is 12.1. The molecule has 3 aromatic rings. The summed E-state index contributed by atoms with van der Waals surface area (Å²) >= 11 is 8.17. The largest absolute Gasteiger partial charge is 0.318 e. The van der Waals surface area contributed by atoms with Gasteiger partial charge in [-0.05, 0) is 91.0 Å². The maximum Gasteiger partial charge on any atom is 0.271 e. The molecule has 2 aromatic carbocycles. The summed E-state index contributed by atoms with van der Waals surface area (Å²) in [5.74, 6) is -0.232. The molecule has 0 radical (unpaired) electrons. The minimum absolute atomic E-state index is 0.232. The zero-order valence-corrected chi connectivity index (χ0v) is 17.2. The lowest BCUT2D eigenvalue weighted by Crippen LogP contribution is -2.17. The van der Waals surface area contributed by atoms with Crippen LogP contribution in [0.1, 0.15) is 27.3 Å². The van der Waals surface area contributed by atoms with Gasteiger partial charge in [-0.25, -0.2) is 5.43 Å². The van der Waals surface area contributed by atoms with Crippen LogP contribution in [0.2, 0.25) is 5.02 Å². The second kappa shape index (κ2) is 8.05. The zero-order chi connectivity index (χ0) is 18.7. The van der Waals surface area contributed by atoms with Crippen molar-refractivity contribution in [2.24, 2.45) is 5.10 Å². The fourth-order valence-electron chi connectivity index (χ4n) is 2.73. The Morgan fingerprint density at radius 3 is 2.42 bits per heavy atom. The van der Waals surface area contributed by atoms with E-state index in [-0.39, 0.29) is 5.91 Å². The number of halogens is 2. The minimum atomic E-state index is -0.232. The smallest absolute Gasteiger partial charge is 0.271 e. The fourth-order valence-corrected chi connectivity index (χ4v) is 3.22. The molecule has 3 rings (SSSR count). The topological polar surface area (TPSA) is 46.4 Å². The number of nitrogens with one attached hydrogen (secondary N) is 1. The molecule has 0 aliphatic rings. The van der Waals surface area contributed by atoms with Gasteiger partial charge < -0.3 is 4.57 Å². The lowest BCUT2D eigenvalue weighted by molar-refractivity contribution is 0.0955. The molecule has 1 amide bonds. The van der Waals surface area contributed by atoms with E-state index in [0.717, 1.165) is 26.2 Å². The number of hydrogen-bond acceptors (Lipinski definition) is 2. The first-order chi connectivity index (χ1) is 12.5. The van der Waals surface area contributed by atoms with Crippen LogP contribution in [0.3, 0.4) is 0 Å². The SMILES string of the molecule is Cc1cc(/C=N\NC(=O)c2ccc(I)cc2)c(C)n1-c1ccc(Cl)cc1. The van der Waals surface area contributed by atoms with Gasteiger partial charge in [0.15, 0.2) is 0 Å². The predicted octanol–water partition coefficient (Wildman–Crippen LogP) is 5.12. The number of carbonyl (C=O) groups excluding carboxylic acids is 1. The van der Waals surface area contributed by atoms with Crippen LogP contribution in [0.25, 0.3) is 5.69 Å². The molecule has 1 N–H and O–H groups in total. The Morgan fingerprint density at radius 1 is 1.12 bits per heavy atom. The average molecular weight is 478 g/mol. The summed E-state index contributed by atoms with van der Waals surface area (Å²) in [7, 11) is 0. The summed E-state index contributed by atoms with van der Waals surface area (Å²) in [5, 5.41) is 4.81. The Kier molecular flexibility index (Phi) is 5.78. The molecule has 132 valence electrons. The van der Waals surface area contributed by atoms with Gasteiger partial charge in [-0.1, -0.05) is 11.6 Å². The lowest BCUT2D eigenvalue weighted by Gasteiger charge is -2.09. The van der Waals surface area contributed by atoms with Gasteiger partial charge >= 0.3 is 0 Å². The minimum Gasteiger partial charge on any atom is -0.318 e. The molecule has 1 heterocycles. The van der Waals surface area contributed by atoms with Gasteiger partial charge in [-0.2, -0.15) is 5.10 Å². The number of amides is 1. The number of benzene rings is 2. The second-order valence-corrected chi connectivity index (χ2v) is 7.53. The lowest BCUT2D eigenvalue weighted by atomic mass is 10.2. The van der Waals surface area contributed by atoms with Crippen LogP contribution in [0.4, 0.5) is 0 Å². The van der Waals surface area contributed by atoms with Crippen LogP contribution in [0.15, 0.2) is 59.7 Å². The first-order valence-corrected chi connectivity index (χ1v) is 9.45. The highest BCUT2D eigenvalue weighted by atomic mass is 127. The molecular formula is C20H17ClIN3O. The Morgan fingerprint density at radius 2 is 1.77 bits per heavy atom. The highest BCUT2D eigenvalue weighted by Crippen LogP contribution is 2.21. The molecular weight excluding hydrogens is 461 g/mol. The van der Waals surface area contributed by atoms with Crippen molar-refractivity contribution in [2.75, 3.05) is 0 Å². The van der Waals surface area contributed by atoms with Crippen LogP contribution in [0.5, 0.6) is 0 Å². The van der Waals surface area contributed by atoms with Crippen molar-refractivity contribution in [3.63, 3.8) is 0 Å². The molecule has 0 saturated carbocycles. The molecule has 26 heavy (non-hydrogen) atoms. The normalized spacial score (nSPS) is 11.1. The van der Waals surface area contributed by atoms with Gasteiger partial charge in [-0.15, -0.1) is 0 Å². The molecule has 0 saturated heterocycles. The van der Waals surface area contributed by atoms with E-state index in [4.69, 9.17) is 11.6 Å². The number of rotatable bonds is 4. The van der Waals surface area contributed by atoms with Crippen molar-refractivity contribution in [1.82, 2.24) is 9.99 Å². The molecule has 4 nitrogen and oxygen atoms in total. The summed E-state index contributed by atoms with van der Waals surface area (Å²) in [6, 6.07) is 17.0. The molecule has 0 bridgehead atoms. The van der Waals surface area contributed by atoms with E-state index in [0.29, 0.717) is 10.6 Å². The molecule has 0 atom stereocenters. The summed E-state index contributed by atoms with van der Waals surface area (Å²) in [6.45, 7) is 4.05. The highest BCUT2D eigenvalue weighted by molar-refractivity contribution is 14.1. The van der Waals surface area contributed by atoms with E-state index < -0.39 is 0 Å². The molecule has 0 aliphatic carbocycles. The van der Waals surface area contributed by atoms with E-state index >= 15 is 0 Å². The average Bonchev–Trinajstić information content (AvgIpc) is 2.90. The Bertz CT molecular complexity index is 960. The van der Waals surface area contributed by atoms with Crippen molar-refractivity contribution in [2.45, 2.75) is 13.8 Å². The van der Waals surface area contributed by atoms with Crippen molar-refractivity contribution in [1.29, 1.82) is 0 Å². The van der Waals surface area contributed by atoms with Crippen LogP contribution >= 0.6 is 34.2 Å². The third-order valence-corrected chi connectivity index (χ3v) is 5.00. The standard InChI is InChI=1S/C20H17ClIN3O/c1-13-11-16(14(2)25(13)19-9-5-17(21)6-10-19)12-23-24-20(26)15-3-7-18(22)8-4-15/h3-12H,1-2H3,(H,24,26)/b23-12-. The third kappa shape index (κ3) is 4.16. The van der Waals surface area contributed by atoms with Gasteiger partial charge in [0.1, 0.15) is 0 Å². The summed E-state index contributed by atoms with van der Waals surface area (Å²) in [6.07, 6.45) is 1.67. The van der Waals surface area contributed by atoms with Gasteiger partial charge in [0.05, 0.1) is 6.21 Å². The molecule has 1 aromatic heterocycles. The van der Waals surface area contributed by atoms with Crippen LogP contribution < -0.4 is 5.43 Å². The fraction of sp³-hybridized carbons (Fsp3) is 0.100. The Hall–Kier alpha value is -2.12. The van der Waals surface area contributed by atoms with E-state index in [1.807, 2.05) is 56.3 Å². The summed E-state index contributed by atoms with van der Waals surface area (Å²) < 4.78 is 3.20. The molecule has 6 heteroatoms. The summed E-state index contributed by atoms with van der Waals surface area (Å²) in [5.41, 5.74) is 7.25. The number of aromatic nitrogens is 1. The molecule has 0 aliphatic heterocycles. The number of hydrogen-bond donors (Lipinski definition) is 1. The van der Waals surface area contributed by atoms with Gasteiger partial charge in [0.2, 0.25) is 0 Å². The maximum absolute atomic E-state index is 12.1. The summed E-state index contributed by atoms with van der Waals surface area (Å²) in [4.78, 5) is 12.1. The predicted molar refractivity (Wildman–Crippen MR) is 114 cm³/mol. The van der Waals surface area contributed by atoms with Gasteiger partial charge in [-0.3, -0.25) is 4.79 Å². The van der Waals surface area contributed by atoms with Crippen LogP contribution in [-0.4, -0.2) is 16.7 Å². The Labute approximate surface area is 171 Å². The molecule has 0 fully saturated rings. The highest BCUT2D eigenvalue weighted by Gasteiger charge is 2.10. The van der Waals surface area contributed by atoms with Crippen LogP contribution in [-0.2, 0) is 0 Å². The third-order valence-electron chi connectivity index (χ3n) is 4.03. The monoisotopic (exact) mass is 477 g/mol. The Balaban J connectivity index is 1.77. The van der Waals surface area contributed by atoms with Gasteiger partial charge in [0, 0.05) is 36.8 Å². The van der Waals surface area contributed by atoms with Crippen molar-refractivity contribution < 1.29 is 4.79 Å². The van der Waals surface area contributed by atoms with Crippen LogP contribution in [0, 0.1) is 17.4 Å².